The molecule has 0 spiro atoms. The van der Waals surface area contributed by atoms with Gasteiger partial charge >= 0.3 is 0 Å². The minimum absolute atomic E-state index is 0.279. The third-order valence-electron chi connectivity index (χ3n) is 3.63. The fourth-order valence-electron chi connectivity index (χ4n) is 2.36. The highest BCUT2D eigenvalue weighted by atomic mass is 16.5. The average molecular weight is 264 g/mol. The molecular weight excluding hydrogens is 236 g/mol. The molecule has 0 fully saturated rings. The van der Waals surface area contributed by atoms with Crippen molar-refractivity contribution in [1.82, 2.24) is 5.32 Å². The van der Waals surface area contributed by atoms with Gasteiger partial charge in [0.2, 0.25) is 0 Å². The first-order valence-corrected chi connectivity index (χ1v) is 7.28. The van der Waals surface area contributed by atoms with Gasteiger partial charge in [0.05, 0.1) is 7.11 Å². The average Bonchev–Trinajstić information content (AvgIpc) is 2.46. The number of unbranched alkanes of at least 4 members (excludes halogenated alkanes) is 1. The van der Waals surface area contributed by atoms with Crippen molar-refractivity contribution < 1.29 is 4.74 Å². The van der Waals surface area contributed by atoms with Crippen molar-refractivity contribution in [3.8, 4) is 5.75 Å². The number of nitrogens with one attached hydrogen (secondary N) is 1. The maximum atomic E-state index is 5.54. The molecule has 0 bridgehead atoms. The van der Waals surface area contributed by atoms with Gasteiger partial charge in [0.15, 0.2) is 0 Å². The highest BCUT2D eigenvalue weighted by molar-refractivity contribution is 5.60. The zero-order valence-electron chi connectivity index (χ0n) is 13.0. The van der Waals surface area contributed by atoms with Gasteiger partial charge in [-0.25, -0.2) is 0 Å². The van der Waals surface area contributed by atoms with E-state index in [-0.39, 0.29) is 6.04 Å². The highest BCUT2D eigenvalue weighted by Gasteiger charge is 2.18. The van der Waals surface area contributed by atoms with Crippen molar-refractivity contribution in [2.45, 2.75) is 39.7 Å². The van der Waals surface area contributed by atoms with Crippen LogP contribution in [0, 0.1) is 0 Å². The molecule has 1 rings (SSSR count). The first kappa shape index (κ1) is 15.8. The van der Waals surface area contributed by atoms with Gasteiger partial charge in [-0.2, -0.15) is 0 Å². The first-order valence-electron chi connectivity index (χ1n) is 7.28. The van der Waals surface area contributed by atoms with E-state index in [9.17, 15) is 0 Å². The summed E-state index contributed by atoms with van der Waals surface area (Å²) in [7, 11) is 3.73. The summed E-state index contributed by atoms with van der Waals surface area (Å²) >= 11 is 0. The fraction of sp³-hybridized carbons (Fsp3) is 0.625. The van der Waals surface area contributed by atoms with Gasteiger partial charge in [-0.15, -0.1) is 0 Å². The van der Waals surface area contributed by atoms with Gasteiger partial charge in [-0.05, 0) is 39.4 Å². The van der Waals surface area contributed by atoms with Crippen LogP contribution >= 0.6 is 0 Å². The molecule has 1 aromatic rings. The Bertz CT molecular complexity index is 379. The van der Waals surface area contributed by atoms with E-state index in [0.29, 0.717) is 0 Å². The molecule has 1 unspecified atom stereocenters. The van der Waals surface area contributed by atoms with E-state index < -0.39 is 0 Å². The van der Waals surface area contributed by atoms with Crippen LogP contribution in [0.3, 0.4) is 0 Å². The molecule has 108 valence electrons. The lowest BCUT2D eigenvalue weighted by atomic mass is 10.0. The lowest BCUT2D eigenvalue weighted by Crippen LogP contribution is -2.27. The quantitative estimate of drug-likeness (QED) is 0.776. The molecule has 0 saturated carbocycles. The summed E-state index contributed by atoms with van der Waals surface area (Å²) in [6.45, 7) is 8.74. The number of ether oxygens (including phenoxy) is 1. The molecule has 0 aliphatic rings. The normalized spacial score (nSPS) is 12.3. The molecular formula is C16H28N2O. The molecule has 1 atom stereocenters. The SMILES string of the molecule is CCCCN(CC)c1cccc(OC)c1C(C)NC. The van der Waals surface area contributed by atoms with Gasteiger partial charge < -0.3 is 15.0 Å². The first-order chi connectivity index (χ1) is 9.19. The molecule has 0 amide bonds. The Morgan fingerprint density at radius 1 is 1.32 bits per heavy atom. The van der Waals surface area contributed by atoms with Crippen LogP contribution in [0.4, 0.5) is 5.69 Å². The van der Waals surface area contributed by atoms with Crippen molar-refractivity contribution in [2.24, 2.45) is 0 Å². The molecule has 3 heteroatoms. The lowest BCUT2D eigenvalue weighted by molar-refractivity contribution is 0.404. The Morgan fingerprint density at radius 3 is 2.58 bits per heavy atom. The summed E-state index contributed by atoms with van der Waals surface area (Å²) in [6.07, 6.45) is 2.44. The second-order valence-corrected chi connectivity index (χ2v) is 4.84. The van der Waals surface area contributed by atoms with Gasteiger partial charge in [0, 0.05) is 30.4 Å². The van der Waals surface area contributed by atoms with Crippen LogP contribution in [0.1, 0.15) is 45.2 Å². The van der Waals surface area contributed by atoms with E-state index in [1.54, 1.807) is 7.11 Å². The van der Waals surface area contributed by atoms with Crippen LogP contribution in [0.25, 0.3) is 0 Å². The standard InChI is InChI=1S/C16H28N2O/c1-6-8-12-18(7-2)14-10-9-11-15(19-5)16(14)13(3)17-4/h9-11,13,17H,6-8,12H2,1-5H3. The molecule has 0 aromatic heterocycles. The van der Waals surface area contributed by atoms with E-state index in [4.69, 9.17) is 4.74 Å². The van der Waals surface area contributed by atoms with Crippen LogP contribution in [0.15, 0.2) is 18.2 Å². The minimum atomic E-state index is 0.279. The maximum Gasteiger partial charge on any atom is 0.125 e. The van der Waals surface area contributed by atoms with Crippen LogP contribution in [-0.2, 0) is 0 Å². The van der Waals surface area contributed by atoms with Crippen molar-refractivity contribution in [1.29, 1.82) is 0 Å². The van der Waals surface area contributed by atoms with Crippen molar-refractivity contribution >= 4 is 5.69 Å². The van der Waals surface area contributed by atoms with Crippen LogP contribution in [0.5, 0.6) is 5.75 Å². The summed E-state index contributed by atoms with van der Waals surface area (Å²) in [5.41, 5.74) is 2.54. The zero-order valence-corrected chi connectivity index (χ0v) is 13.0. The molecule has 3 nitrogen and oxygen atoms in total. The second kappa shape index (κ2) is 8.05. The van der Waals surface area contributed by atoms with E-state index in [1.807, 2.05) is 13.1 Å². The Morgan fingerprint density at radius 2 is 2.05 bits per heavy atom. The summed E-state index contributed by atoms with van der Waals surface area (Å²) in [5.74, 6) is 0.967. The third-order valence-corrected chi connectivity index (χ3v) is 3.63. The monoisotopic (exact) mass is 264 g/mol. The number of benzene rings is 1. The van der Waals surface area contributed by atoms with E-state index in [1.165, 1.54) is 24.1 Å². The number of rotatable bonds is 8. The highest BCUT2D eigenvalue weighted by Crippen LogP contribution is 2.34. The Hall–Kier alpha value is -1.22. The molecule has 0 heterocycles. The molecule has 0 radical (unpaired) electrons. The Balaban J connectivity index is 3.16. The predicted molar refractivity (Wildman–Crippen MR) is 83.3 cm³/mol. The molecule has 0 aliphatic heterocycles. The van der Waals surface area contributed by atoms with Crippen molar-refractivity contribution in [3.63, 3.8) is 0 Å². The summed E-state index contributed by atoms with van der Waals surface area (Å²) in [5, 5.41) is 3.32. The van der Waals surface area contributed by atoms with Gasteiger partial charge in [-0.3, -0.25) is 0 Å². The largest absolute Gasteiger partial charge is 0.496 e. The summed E-state index contributed by atoms with van der Waals surface area (Å²) in [4.78, 5) is 2.44. The Labute approximate surface area is 118 Å². The molecule has 1 aromatic carbocycles. The number of hydrogen-bond acceptors (Lipinski definition) is 3. The summed E-state index contributed by atoms with van der Waals surface area (Å²) < 4.78 is 5.54. The minimum Gasteiger partial charge on any atom is -0.496 e. The maximum absolute atomic E-state index is 5.54. The molecule has 19 heavy (non-hydrogen) atoms. The Kier molecular flexibility index (Phi) is 6.71. The van der Waals surface area contributed by atoms with Gasteiger partial charge in [0.25, 0.3) is 0 Å². The number of hydrogen-bond donors (Lipinski definition) is 1. The second-order valence-electron chi connectivity index (χ2n) is 4.84. The van der Waals surface area contributed by atoms with Crippen LogP contribution in [-0.4, -0.2) is 27.2 Å². The molecule has 0 saturated heterocycles. The number of nitrogens with zero attached hydrogens (tertiary/aromatic N) is 1. The fourth-order valence-corrected chi connectivity index (χ4v) is 2.36. The molecule has 0 aliphatic carbocycles. The lowest BCUT2D eigenvalue weighted by Gasteiger charge is -2.29. The van der Waals surface area contributed by atoms with Crippen molar-refractivity contribution in [3.05, 3.63) is 23.8 Å². The van der Waals surface area contributed by atoms with Crippen LogP contribution < -0.4 is 15.0 Å². The van der Waals surface area contributed by atoms with E-state index >= 15 is 0 Å². The van der Waals surface area contributed by atoms with E-state index in [0.717, 1.165) is 18.8 Å². The number of anilines is 1. The zero-order chi connectivity index (χ0) is 14.3. The smallest absolute Gasteiger partial charge is 0.125 e. The third kappa shape index (κ3) is 3.87. The van der Waals surface area contributed by atoms with E-state index in [2.05, 4.69) is 43.1 Å². The topological polar surface area (TPSA) is 24.5 Å². The summed E-state index contributed by atoms with van der Waals surface area (Å²) in [6, 6.07) is 6.60. The van der Waals surface area contributed by atoms with Gasteiger partial charge in [-0.1, -0.05) is 19.4 Å². The molecule has 1 N–H and O–H groups in total. The number of methoxy groups -OCH3 is 1. The predicted octanol–water partition coefficient (Wildman–Crippen LogP) is 3.60. The van der Waals surface area contributed by atoms with Gasteiger partial charge in [0.1, 0.15) is 5.75 Å². The van der Waals surface area contributed by atoms with Crippen LogP contribution in [0.2, 0.25) is 0 Å². The van der Waals surface area contributed by atoms with Crippen molar-refractivity contribution in [2.75, 3.05) is 32.1 Å².